The first-order chi connectivity index (χ1) is 6.33. The molecular formula is C10H12N2O. The molecule has 0 N–H and O–H groups in total. The lowest BCUT2D eigenvalue weighted by molar-refractivity contribution is 0.253. The van der Waals surface area contributed by atoms with Crippen LogP contribution < -0.4 is 4.74 Å². The van der Waals surface area contributed by atoms with Crippen LogP contribution in [0.4, 0.5) is 0 Å². The zero-order valence-electron chi connectivity index (χ0n) is 7.60. The van der Waals surface area contributed by atoms with E-state index in [4.69, 9.17) is 10.00 Å². The van der Waals surface area contributed by atoms with E-state index in [9.17, 15) is 0 Å². The summed E-state index contributed by atoms with van der Waals surface area (Å²) in [6.07, 6.45) is 2.21. The highest BCUT2D eigenvalue weighted by atomic mass is 16.5. The van der Waals surface area contributed by atoms with E-state index in [0.717, 1.165) is 0 Å². The fourth-order valence-corrected chi connectivity index (χ4v) is 0.875. The third kappa shape index (κ3) is 3.57. The lowest BCUT2D eigenvalue weighted by Crippen LogP contribution is -2.08. The van der Waals surface area contributed by atoms with Crippen LogP contribution in [0.1, 0.15) is 13.3 Å². The number of rotatable bonds is 4. The molecular weight excluding hydrogens is 164 g/mol. The Hall–Kier alpha value is -1.56. The fraction of sp³-hybridized carbons (Fsp3) is 0.400. The van der Waals surface area contributed by atoms with Gasteiger partial charge in [0.1, 0.15) is 0 Å². The molecule has 0 bridgehead atoms. The molecule has 1 aromatic rings. The molecule has 0 amide bonds. The predicted molar refractivity (Wildman–Crippen MR) is 49.1 cm³/mol. The molecule has 0 fully saturated rings. The molecule has 3 nitrogen and oxygen atoms in total. The van der Waals surface area contributed by atoms with E-state index < -0.39 is 0 Å². The minimum atomic E-state index is 0.256. The van der Waals surface area contributed by atoms with Gasteiger partial charge in [0, 0.05) is 24.6 Å². The summed E-state index contributed by atoms with van der Waals surface area (Å²) in [6, 6.07) is 7.62. The predicted octanol–water partition coefficient (Wildman–Crippen LogP) is 2.01. The lowest BCUT2D eigenvalue weighted by Gasteiger charge is -2.08. The molecule has 0 saturated heterocycles. The SMILES string of the molecule is C[C@@H](CC#N)COc1ccccn1. The molecule has 13 heavy (non-hydrogen) atoms. The van der Waals surface area contributed by atoms with Gasteiger partial charge >= 0.3 is 0 Å². The Balaban J connectivity index is 2.32. The van der Waals surface area contributed by atoms with Gasteiger partial charge in [-0.05, 0) is 6.07 Å². The van der Waals surface area contributed by atoms with Gasteiger partial charge in [-0.2, -0.15) is 5.26 Å². The Bertz CT molecular complexity index is 279. The zero-order chi connectivity index (χ0) is 9.52. The number of ether oxygens (including phenoxy) is 1. The Labute approximate surface area is 78.0 Å². The molecule has 0 radical (unpaired) electrons. The van der Waals surface area contributed by atoms with Crippen molar-refractivity contribution in [2.24, 2.45) is 5.92 Å². The van der Waals surface area contributed by atoms with Gasteiger partial charge < -0.3 is 4.74 Å². The number of hydrogen-bond acceptors (Lipinski definition) is 3. The summed E-state index contributed by atoms with van der Waals surface area (Å²) in [5, 5.41) is 8.41. The molecule has 0 unspecified atom stereocenters. The smallest absolute Gasteiger partial charge is 0.213 e. The van der Waals surface area contributed by atoms with Crippen molar-refractivity contribution in [1.29, 1.82) is 5.26 Å². The minimum absolute atomic E-state index is 0.256. The van der Waals surface area contributed by atoms with Crippen molar-refractivity contribution in [3.63, 3.8) is 0 Å². The van der Waals surface area contributed by atoms with Gasteiger partial charge in [0.25, 0.3) is 0 Å². The minimum Gasteiger partial charge on any atom is -0.477 e. The van der Waals surface area contributed by atoms with Crippen LogP contribution in [-0.4, -0.2) is 11.6 Å². The Morgan fingerprint density at radius 3 is 3.08 bits per heavy atom. The first kappa shape index (κ1) is 9.53. The molecule has 1 heterocycles. The molecule has 0 aliphatic carbocycles. The Morgan fingerprint density at radius 2 is 2.46 bits per heavy atom. The molecule has 1 aromatic heterocycles. The monoisotopic (exact) mass is 176 g/mol. The number of nitriles is 1. The van der Waals surface area contributed by atoms with Crippen LogP contribution in [-0.2, 0) is 0 Å². The van der Waals surface area contributed by atoms with Crippen LogP contribution in [0.5, 0.6) is 5.88 Å². The second kappa shape index (κ2) is 5.15. The second-order valence-corrected chi connectivity index (χ2v) is 2.95. The van der Waals surface area contributed by atoms with E-state index in [-0.39, 0.29) is 5.92 Å². The number of nitrogens with zero attached hydrogens (tertiary/aromatic N) is 2. The van der Waals surface area contributed by atoms with Crippen LogP contribution in [0.15, 0.2) is 24.4 Å². The Kier molecular flexibility index (Phi) is 3.77. The van der Waals surface area contributed by atoms with Gasteiger partial charge in [0.15, 0.2) is 0 Å². The van der Waals surface area contributed by atoms with Gasteiger partial charge in [-0.1, -0.05) is 13.0 Å². The van der Waals surface area contributed by atoms with Crippen molar-refractivity contribution in [3.8, 4) is 11.9 Å². The maximum atomic E-state index is 8.41. The quantitative estimate of drug-likeness (QED) is 0.705. The highest BCUT2D eigenvalue weighted by Gasteiger charge is 2.01. The maximum absolute atomic E-state index is 8.41. The molecule has 3 heteroatoms. The standard InChI is InChI=1S/C10H12N2O/c1-9(5-6-11)8-13-10-4-2-3-7-12-10/h2-4,7,9H,5,8H2,1H3/t9-/m0/s1. The zero-order valence-corrected chi connectivity index (χ0v) is 7.60. The van der Waals surface area contributed by atoms with E-state index in [1.54, 1.807) is 12.3 Å². The maximum Gasteiger partial charge on any atom is 0.213 e. The van der Waals surface area contributed by atoms with Crippen molar-refractivity contribution in [3.05, 3.63) is 24.4 Å². The van der Waals surface area contributed by atoms with E-state index in [2.05, 4.69) is 11.1 Å². The summed E-state index contributed by atoms with van der Waals surface area (Å²) < 4.78 is 5.36. The van der Waals surface area contributed by atoms with Gasteiger partial charge in [0.05, 0.1) is 12.7 Å². The van der Waals surface area contributed by atoms with Gasteiger partial charge in [-0.25, -0.2) is 4.98 Å². The first-order valence-electron chi connectivity index (χ1n) is 4.23. The van der Waals surface area contributed by atoms with Crippen molar-refractivity contribution >= 4 is 0 Å². The van der Waals surface area contributed by atoms with Crippen LogP contribution in [0, 0.1) is 17.2 Å². The topological polar surface area (TPSA) is 45.9 Å². The Morgan fingerprint density at radius 1 is 1.62 bits per heavy atom. The normalized spacial score (nSPS) is 11.7. The summed E-state index contributed by atoms with van der Waals surface area (Å²) in [6.45, 7) is 2.52. The van der Waals surface area contributed by atoms with Crippen molar-refractivity contribution in [2.45, 2.75) is 13.3 Å². The molecule has 0 aliphatic rings. The van der Waals surface area contributed by atoms with Gasteiger partial charge in [-0.3, -0.25) is 0 Å². The third-order valence-electron chi connectivity index (χ3n) is 1.59. The average Bonchev–Trinajstić information content (AvgIpc) is 2.17. The third-order valence-corrected chi connectivity index (χ3v) is 1.59. The van der Waals surface area contributed by atoms with Gasteiger partial charge in [0.2, 0.25) is 5.88 Å². The molecule has 1 atom stereocenters. The highest BCUT2D eigenvalue weighted by Crippen LogP contribution is 2.07. The van der Waals surface area contributed by atoms with E-state index in [1.165, 1.54) is 0 Å². The summed E-state index contributed by atoms with van der Waals surface area (Å²) >= 11 is 0. The van der Waals surface area contributed by atoms with Crippen LogP contribution in [0.2, 0.25) is 0 Å². The number of hydrogen-bond donors (Lipinski definition) is 0. The molecule has 68 valence electrons. The highest BCUT2D eigenvalue weighted by molar-refractivity contribution is 5.09. The average molecular weight is 176 g/mol. The largest absolute Gasteiger partial charge is 0.477 e. The van der Waals surface area contributed by atoms with Crippen molar-refractivity contribution in [1.82, 2.24) is 4.98 Å². The molecule has 0 spiro atoms. The summed E-state index contributed by atoms with van der Waals surface area (Å²) in [7, 11) is 0. The van der Waals surface area contributed by atoms with E-state index >= 15 is 0 Å². The number of pyridine rings is 1. The molecule has 1 rings (SSSR count). The number of aromatic nitrogens is 1. The fourth-order valence-electron chi connectivity index (χ4n) is 0.875. The van der Waals surface area contributed by atoms with Crippen molar-refractivity contribution < 1.29 is 4.74 Å². The van der Waals surface area contributed by atoms with E-state index in [0.29, 0.717) is 18.9 Å². The van der Waals surface area contributed by atoms with Gasteiger partial charge in [-0.15, -0.1) is 0 Å². The second-order valence-electron chi connectivity index (χ2n) is 2.95. The van der Waals surface area contributed by atoms with Crippen LogP contribution in [0.3, 0.4) is 0 Å². The molecule has 0 aliphatic heterocycles. The summed E-state index contributed by atoms with van der Waals surface area (Å²) in [4.78, 5) is 4.01. The van der Waals surface area contributed by atoms with Crippen LogP contribution >= 0.6 is 0 Å². The summed E-state index contributed by atoms with van der Waals surface area (Å²) in [5.41, 5.74) is 0. The first-order valence-corrected chi connectivity index (χ1v) is 4.23. The lowest BCUT2D eigenvalue weighted by atomic mass is 10.1. The van der Waals surface area contributed by atoms with Crippen LogP contribution in [0.25, 0.3) is 0 Å². The molecule has 0 saturated carbocycles. The van der Waals surface area contributed by atoms with Crippen molar-refractivity contribution in [2.75, 3.05) is 6.61 Å². The van der Waals surface area contributed by atoms with E-state index in [1.807, 2.05) is 19.1 Å². The molecule has 0 aromatic carbocycles. The summed E-state index contributed by atoms with van der Waals surface area (Å²) in [5.74, 6) is 0.874.